The summed E-state index contributed by atoms with van der Waals surface area (Å²) >= 11 is 0. The highest BCUT2D eigenvalue weighted by Crippen LogP contribution is 2.34. The van der Waals surface area contributed by atoms with Gasteiger partial charge < -0.3 is 10.3 Å². The van der Waals surface area contributed by atoms with Crippen molar-refractivity contribution in [3.05, 3.63) is 35.4 Å². The molecule has 1 aromatic heterocycles. The average molecular weight is 298 g/mol. The Morgan fingerprint density at radius 3 is 2.95 bits per heavy atom. The summed E-state index contributed by atoms with van der Waals surface area (Å²) in [6.07, 6.45) is 10.8. The van der Waals surface area contributed by atoms with Crippen LogP contribution in [0.25, 0.3) is 5.57 Å². The number of fused-ring (bicyclic) bond motifs is 3. The molecule has 2 heterocycles. The molecule has 118 valence electrons. The smallest absolute Gasteiger partial charge is 0.147 e. The molecule has 0 bridgehead atoms. The molecule has 0 spiro atoms. The predicted molar refractivity (Wildman–Crippen MR) is 91.9 cm³/mol. The van der Waals surface area contributed by atoms with Gasteiger partial charge in [-0.3, -0.25) is 4.99 Å². The van der Waals surface area contributed by atoms with Crippen molar-refractivity contribution in [1.82, 2.24) is 9.55 Å². The van der Waals surface area contributed by atoms with Crippen LogP contribution in [0.4, 0.5) is 0 Å². The number of aromatic nitrogens is 2. The number of allylic oxidation sites excluding steroid dienone is 2. The third kappa shape index (κ3) is 2.62. The Kier molecular flexibility index (Phi) is 4.19. The third-order valence-corrected chi connectivity index (χ3v) is 4.29. The number of amidine groups is 1. The second-order valence-corrected chi connectivity index (χ2v) is 6.65. The van der Waals surface area contributed by atoms with Gasteiger partial charge in [0.2, 0.25) is 0 Å². The highest BCUT2D eigenvalue weighted by atomic mass is 15.1. The van der Waals surface area contributed by atoms with Crippen molar-refractivity contribution >= 4 is 11.4 Å². The molecule has 0 saturated carbocycles. The number of unbranched alkanes of at least 4 members (excludes halogenated alkanes) is 1. The lowest BCUT2D eigenvalue weighted by molar-refractivity contribution is 0.498. The number of nitrogens with zero attached hydrogens (tertiary/aromatic N) is 3. The number of hydrogen-bond acceptors (Lipinski definition) is 3. The minimum atomic E-state index is 0.166. The Morgan fingerprint density at radius 1 is 1.41 bits per heavy atom. The van der Waals surface area contributed by atoms with Gasteiger partial charge in [-0.15, -0.1) is 0 Å². The Labute approximate surface area is 132 Å². The van der Waals surface area contributed by atoms with Crippen LogP contribution in [-0.4, -0.2) is 21.4 Å². The van der Waals surface area contributed by atoms with Crippen LogP contribution in [-0.2, 0) is 13.0 Å². The van der Waals surface area contributed by atoms with Crippen LogP contribution >= 0.6 is 0 Å². The molecule has 22 heavy (non-hydrogen) atoms. The molecule has 1 unspecified atom stereocenters. The molecule has 3 rings (SSSR count). The normalized spacial score (nSPS) is 19.7. The topological polar surface area (TPSA) is 56.2 Å². The van der Waals surface area contributed by atoms with Crippen molar-refractivity contribution in [3.8, 4) is 0 Å². The van der Waals surface area contributed by atoms with E-state index in [1.165, 1.54) is 17.7 Å². The zero-order chi connectivity index (χ0) is 15.7. The van der Waals surface area contributed by atoms with Crippen molar-refractivity contribution in [1.29, 1.82) is 0 Å². The van der Waals surface area contributed by atoms with E-state index in [1.54, 1.807) is 0 Å². The molecule has 0 amide bonds. The summed E-state index contributed by atoms with van der Waals surface area (Å²) in [5, 5.41) is 0. The van der Waals surface area contributed by atoms with Crippen LogP contribution in [0, 0.1) is 5.92 Å². The summed E-state index contributed by atoms with van der Waals surface area (Å²) < 4.78 is 2.40. The first-order valence-corrected chi connectivity index (χ1v) is 8.42. The maximum absolute atomic E-state index is 6.22. The summed E-state index contributed by atoms with van der Waals surface area (Å²) in [6, 6.07) is 0.166. The van der Waals surface area contributed by atoms with E-state index in [0.29, 0.717) is 11.8 Å². The number of hydrogen-bond donors (Lipinski definition) is 1. The lowest BCUT2D eigenvalue weighted by atomic mass is 9.92. The standard InChI is InChI=1S/C18H26N4/c1-4-5-10-15-21-16-17(22(15)11-12(2)3)13-8-6-7-9-14(13)20-18(16)19/h6-8,12,14H,4-5,9-11H2,1-3H3,(H2,19,20). The van der Waals surface area contributed by atoms with Crippen molar-refractivity contribution in [2.24, 2.45) is 16.6 Å². The van der Waals surface area contributed by atoms with Gasteiger partial charge in [0.25, 0.3) is 0 Å². The van der Waals surface area contributed by atoms with Crippen LogP contribution in [0.15, 0.2) is 23.2 Å². The lowest BCUT2D eigenvalue weighted by Gasteiger charge is -2.25. The van der Waals surface area contributed by atoms with E-state index in [2.05, 4.69) is 48.6 Å². The fourth-order valence-corrected chi connectivity index (χ4v) is 3.26. The van der Waals surface area contributed by atoms with Crippen LogP contribution in [0.3, 0.4) is 0 Å². The highest BCUT2D eigenvalue weighted by molar-refractivity contribution is 6.03. The summed E-state index contributed by atoms with van der Waals surface area (Å²) in [4.78, 5) is 9.51. The van der Waals surface area contributed by atoms with Crippen molar-refractivity contribution in [2.75, 3.05) is 0 Å². The molecule has 1 aliphatic heterocycles. The summed E-state index contributed by atoms with van der Waals surface area (Å²) in [5.41, 5.74) is 9.60. The van der Waals surface area contributed by atoms with E-state index >= 15 is 0 Å². The Hall–Kier alpha value is -1.84. The monoisotopic (exact) mass is 298 g/mol. The van der Waals surface area contributed by atoms with Crippen molar-refractivity contribution < 1.29 is 0 Å². The molecular weight excluding hydrogens is 272 g/mol. The van der Waals surface area contributed by atoms with Gasteiger partial charge in [-0.25, -0.2) is 4.98 Å². The fourth-order valence-electron chi connectivity index (χ4n) is 3.26. The third-order valence-electron chi connectivity index (χ3n) is 4.29. The zero-order valence-corrected chi connectivity index (χ0v) is 13.8. The van der Waals surface area contributed by atoms with Crippen LogP contribution in [0.5, 0.6) is 0 Å². The van der Waals surface area contributed by atoms with Crippen LogP contribution in [0.2, 0.25) is 0 Å². The quantitative estimate of drug-likeness (QED) is 0.906. The van der Waals surface area contributed by atoms with Crippen molar-refractivity contribution in [3.63, 3.8) is 0 Å². The van der Waals surface area contributed by atoms with E-state index in [1.807, 2.05) is 0 Å². The molecule has 0 fully saturated rings. The largest absolute Gasteiger partial charge is 0.382 e. The molecule has 0 saturated heterocycles. The molecule has 2 N–H and O–H groups in total. The number of aliphatic imine (C=N–C) groups is 1. The summed E-state index contributed by atoms with van der Waals surface area (Å²) in [5.74, 6) is 2.35. The minimum absolute atomic E-state index is 0.166. The SMILES string of the molecule is CCCCc1nc2c(n1CC(C)C)C1=CC=CCC1N=C2N. The first kappa shape index (κ1) is 15.1. The van der Waals surface area contributed by atoms with Crippen LogP contribution in [0.1, 0.15) is 57.2 Å². The molecule has 0 aromatic carbocycles. The van der Waals surface area contributed by atoms with Gasteiger partial charge >= 0.3 is 0 Å². The molecule has 2 aliphatic rings. The van der Waals surface area contributed by atoms with E-state index in [0.717, 1.165) is 37.3 Å². The second kappa shape index (κ2) is 6.11. The predicted octanol–water partition coefficient (Wildman–Crippen LogP) is 3.31. The van der Waals surface area contributed by atoms with E-state index in [4.69, 9.17) is 10.7 Å². The molecule has 1 aromatic rings. The van der Waals surface area contributed by atoms with Gasteiger partial charge in [0, 0.05) is 18.5 Å². The van der Waals surface area contributed by atoms with Gasteiger partial charge in [0.15, 0.2) is 0 Å². The first-order valence-electron chi connectivity index (χ1n) is 8.42. The molecular formula is C18H26N4. The maximum atomic E-state index is 6.22. The second-order valence-electron chi connectivity index (χ2n) is 6.65. The fraction of sp³-hybridized carbons (Fsp3) is 0.556. The summed E-state index contributed by atoms with van der Waals surface area (Å²) in [6.45, 7) is 7.71. The van der Waals surface area contributed by atoms with Crippen LogP contribution < -0.4 is 5.73 Å². The number of nitrogens with two attached hydrogens (primary N) is 1. The number of aryl methyl sites for hydroxylation is 1. The molecule has 1 atom stereocenters. The van der Waals surface area contributed by atoms with E-state index in [9.17, 15) is 0 Å². The zero-order valence-electron chi connectivity index (χ0n) is 13.8. The van der Waals surface area contributed by atoms with E-state index in [-0.39, 0.29) is 6.04 Å². The Morgan fingerprint density at radius 2 is 2.23 bits per heavy atom. The maximum Gasteiger partial charge on any atom is 0.147 e. The minimum Gasteiger partial charge on any atom is -0.382 e. The van der Waals surface area contributed by atoms with Gasteiger partial charge in [-0.05, 0) is 18.8 Å². The van der Waals surface area contributed by atoms with Gasteiger partial charge in [0.05, 0.1) is 11.7 Å². The van der Waals surface area contributed by atoms with Gasteiger partial charge in [0.1, 0.15) is 17.4 Å². The highest BCUT2D eigenvalue weighted by Gasteiger charge is 2.31. The molecule has 4 nitrogen and oxygen atoms in total. The summed E-state index contributed by atoms with van der Waals surface area (Å²) in [7, 11) is 0. The lowest BCUT2D eigenvalue weighted by Crippen LogP contribution is -2.28. The Bertz CT molecular complexity index is 646. The number of rotatable bonds is 5. The molecule has 1 aliphatic carbocycles. The molecule has 0 radical (unpaired) electrons. The van der Waals surface area contributed by atoms with Crippen molar-refractivity contribution in [2.45, 2.75) is 59.0 Å². The van der Waals surface area contributed by atoms with Gasteiger partial charge in [-0.2, -0.15) is 0 Å². The Balaban J connectivity index is 2.12. The number of imidazole rings is 1. The van der Waals surface area contributed by atoms with Gasteiger partial charge in [-0.1, -0.05) is 45.4 Å². The van der Waals surface area contributed by atoms with E-state index < -0.39 is 0 Å². The average Bonchev–Trinajstić information content (AvgIpc) is 2.84. The molecule has 4 heteroatoms. The first-order chi connectivity index (χ1) is 10.6.